The predicted octanol–water partition coefficient (Wildman–Crippen LogP) is 3.19. The third-order valence-corrected chi connectivity index (χ3v) is 3.61. The van der Waals surface area contributed by atoms with E-state index in [1.54, 1.807) is 0 Å². The number of rotatable bonds is 4. The summed E-state index contributed by atoms with van der Waals surface area (Å²) in [5, 5.41) is 0. The first-order chi connectivity index (χ1) is 8.83. The molecule has 96 valence electrons. The van der Waals surface area contributed by atoms with Gasteiger partial charge in [0.15, 0.2) is 5.78 Å². The van der Waals surface area contributed by atoms with Crippen LogP contribution in [0.15, 0.2) is 42.0 Å². The van der Waals surface area contributed by atoms with E-state index in [-0.39, 0.29) is 11.7 Å². The van der Waals surface area contributed by atoms with Crippen LogP contribution in [0.1, 0.15) is 43.6 Å². The van der Waals surface area contributed by atoms with E-state index >= 15 is 0 Å². The molecular weight excluding hydrogens is 222 g/mol. The summed E-state index contributed by atoms with van der Waals surface area (Å²) >= 11 is 0. The molecule has 0 bridgehead atoms. The number of Topliss-reactive ketones (excluding diaryl/α,β-unsaturated/α-hetero) is 1. The molecule has 0 heterocycles. The molecule has 2 rings (SSSR count). The van der Waals surface area contributed by atoms with Crippen LogP contribution in [0.2, 0.25) is 0 Å². The van der Waals surface area contributed by atoms with E-state index in [4.69, 9.17) is 5.73 Å². The van der Waals surface area contributed by atoms with Crippen LogP contribution in [0.5, 0.6) is 0 Å². The van der Waals surface area contributed by atoms with Crippen molar-refractivity contribution in [2.45, 2.75) is 38.0 Å². The zero-order valence-corrected chi connectivity index (χ0v) is 10.8. The molecular formula is C16H21NO. The van der Waals surface area contributed by atoms with Gasteiger partial charge in [0.2, 0.25) is 0 Å². The van der Waals surface area contributed by atoms with Gasteiger partial charge in [-0.15, -0.1) is 0 Å². The highest BCUT2D eigenvalue weighted by Gasteiger charge is 2.22. The molecule has 0 aliphatic heterocycles. The molecule has 0 aromatic heterocycles. The van der Waals surface area contributed by atoms with Crippen LogP contribution in [0.4, 0.5) is 0 Å². The van der Waals surface area contributed by atoms with Gasteiger partial charge in [0.05, 0.1) is 5.92 Å². The largest absolute Gasteiger partial charge is 0.329 e. The first-order valence-electron chi connectivity index (χ1n) is 6.81. The molecule has 2 heteroatoms. The zero-order chi connectivity index (χ0) is 12.8. The molecule has 1 aliphatic carbocycles. The highest BCUT2D eigenvalue weighted by atomic mass is 16.1. The fourth-order valence-corrected chi connectivity index (χ4v) is 2.54. The van der Waals surface area contributed by atoms with Crippen molar-refractivity contribution in [2.24, 2.45) is 5.73 Å². The third-order valence-electron chi connectivity index (χ3n) is 3.61. The minimum Gasteiger partial charge on any atom is -0.329 e. The number of nitrogens with two attached hydrogens (primary N) is 1. The number of hydrogen-bond acceptors (Lipinski definition) is 2. The molecule has 1 atom stereocenters. The Morgan fingerprint density at radius 3 is 2.67 bits per heavy atom. The monoisotopic (exact) mass is 243 g/mol. The summed E-state index contributed by atoms with van der Waals surface area (Å²) in [5.41, 5.74) is 7.83. The van der Waals surface area contributed by atoms with Gasteiger partial charge in [-0.25, -0.2) is 0 Å². The molecule has 1 aliphatic rings. The minimum absolute atomic E-state index is 0.171. The second-order valence-electron chi connectivity index (χ2n) is 4.89. The summed E-state index contributed by atoms with van der Waals surface area (Å²) in [6, 6.07) is 9.88. The van der Waals surface area contributed by atoms with Crippen LogP contribution in [0.25, 0.3) is 0 Å². The summed E-state index contributed by atoms with van der Waals surface area (Å²) < 4.78 is 0. The van der Waals surface area contributed by atoms with Crippen molar-refractivity contribution in [3.05, 3.63) is 47.5 Å². The van der Waals surface area contributed by atoms with Gasteiger partial charge in [0, 0.05) is 6.54 Å². The number of carbonyl (C=O) groups excluding carboxylic acids is 1. The van der Waals surface area contributed by atoms with Crippen LogP contribution in [0.3, 0.4) is 0 Å². The van der Waals surface area contributed by atoms with Gasteiger partial charge in [0.1, 0.15) is 0 Å². The minimum atomic E-state index is -0.171. The quantitative estimate of drug-likeness (QED) is 0.882. The van der Waals surface area contributed by atoms with E-state index in [0.717, 1.165) is 30.4 Å². The van der Waals surface area contributed by atoms with E-state index < -0.39 is 0 Å². The highest BCUT2D eigenvalue weighted by molar-refractivity contribution is 6.00. The Morgan fingerprint density at radius 1 is 1.17 bits per heavy atom. The lowest BCUT2D eigenvalue weighted by molar-refractivity contribution is -0.116. The maximum Gasteiger partial charge on any atom is 0.167 e. The fourth-order valence-electron chi connectivity index (χ4n) is 2.54. The van der Waals surface area contributed by atoms with Gasteiger partial charge in [0.25, 0.3) is 0 Å². The fraction of sp³-hybridized carbons (Fsp3) is 0.438. The molecule has 2 nitrogen and oxygen atoms in total. The van der Waals surface area contributed by atoms with Crippen molar-refractivity contribution >= 4 is 5.78 Å². The first-order valence-corrected chi connectivity index (χ1v) is 6.81. The Morgan fingerprint density at radius 2 is 1.94 bits per heavy atom. The third kappa shape index (κ3) is 3.08. The lowest BCUT2D eigenvalue weighted by Crippen LogP contribution is -2.23. The normalized spacial score (nSPS) is 17.7. The van der Waals surface area contributed by atoms with Crippen LogP contribution < -0.4 is 5.73 Å². The second-order valence-corrected chi connectivity index (χ2v) is 4.89. The summed E-state index contributed by atoms with van der Waals surface area (Å²) in [7, 11) is 0. The zero-order valence-electron chi connectivity index (χ0n) is 10.8. The van der Waals surface area contributed by atoms with E-state index in [0.29, 0.717) is 6.54 Å². The molecule has 1 aromatic rings. The number of hydrogen-bond donors (Lipinski definition) is 1. The maximum absolute atomic E-state index is 12.5. The van der Waals surface area contributed by atoms with Gasteiger partial charge in [-0.1, -0.05) is 42.8 Å². The molecule has 1 aromatic carbocycles. The standard InChI is InChI=1S/C16H21NO/c17-12-15(13-8-6-3-7-9-13)16(18)14-10-4-1-2-5-11-14/h3,6-10,15H,1-2,4-5,11-12,17H2. The molecule has 0 spiro atoms. The Bertz CT molecular complexity index is 422. The second kappa shape index (κ2) is 6.50. The van der Waals surface area contributed by atoms with Crippen molar-refractivity contribution in [3.63, 3.8) is 0 Å². The maximum atomic E-state index is 12.5. The van der Waals surface area contributed by atoms with Crippen molar-refractivity contribution < 1.29 is 4.79 Å². The lowest BCUT2D eigenvalue weighted by Gasteiger charge is -2.15. The Labute approximate surface area is 109 Å². The molecule has 0 amide bonds. The molecule has 18 heavy (non-hydrogen) atoms. The molecule has 2 N–H and O–H groups in total. The van der Waals surface area contributed by atoms with Crippen molar-refractivity contribution in [1.82, 2.24) is 0 Å². The molecule has 0 radical (unpaired) electrons. The van der Waals surface area contributed by atoms with Crippen LogP contribution in [-0.4, -0.2) is 12.3 Å². The number of benzene rings is 1. The topological polar surface area (TPSA) is 43.1 Å². The molecule has 0 fully saturated rings. The lowest BCUT2D eigenvalue weighted by atomic mass is 9.89. The van der Waals surface area contributed by atoms with Gasteiger partial charge in [-0.05, 0) is 36.8 Å². The van der Waals surface area contributed by atoms with Crippen molar-refractivity contribution in [1.29, 1.82) is 0 Å². The smallest absolute Gasteiger partial charge is 0.167 e. The average molecular weight is 243 g/mol. The summed E-state index contributed by atoms with van der Waals surface area (Å²) in [5.74, 6) is 0.0566. The van der Waals surface area contributed by atoms with Crippen LogP contribution >= 0.6 is 0 Å². The van der Waals surface area contributed by atoms with Crippen molar-refractivity contribution in [2.75, 3.05) is 6.54 Å². The SMILES string of the molecule is NCC(C(=O)C1=CCCCCC1)c1ccccc1. The van der Waals surface area contributed by atoms with E-state index in [2.05, 4.69) is 6.08 Å². The van der Waals surface area contributed by atoms with Gasteiger partial charge in [-0.2, -0.15) is 0 Å². The molecule has 0 saturated heterocycles. The van der Waals surface area contributed by atoms with Crippen LogP contribution in [0, 0.1) is 0 Å². The van der Waals surface area contributed by atoms with Gasteiger partial charge >= 0.3 is 0 Å². The first kappa shape index (κ1) is 13.0. The summed E-state index contributed by atoms with van der Waals surface area (Å²) in [6.45, 7) is 0.389. The Kier molecular flexibility index (Phi) is 4.71. The number of allylic oxidation sites excluding steroid dienone is 2. The van der Waals surface area contributed by atoms with Gasteiger partial charge in [-0.3, -0.25) is 4.79 Å². The molecule has 0 saturated carbocycles. The van der Waals surface area contributed by atoms with Crippen molar-refractivity contribution in [3.8, 4) is 0 Å². The van der Waals surface area contributed by atoms with E-state index in [9.17, 15) is 4.79 Å². The van der Waals surface area contributed by atoms with E-state index in [1.165, 1.54) is 12.8 Å². The Hall–Kier alpha value is -1.41. The van der Waals surface area contributed by atoms with Gasteiger partial charge < -0.3 is 5.73 Å². The van der Waals surface area contributed by atoms with E-state index in [1.807, 2.05) is 30.3 Å². The molecule has 1 unspecified atom stereocenters. The van der Waals surface area contributed by atoms with Crippen LogP contribution in [-0.2, 0) is 4.79 Å². The number of carbonyl (C=O) groups is 1. The predicted molar refractivity (Wildman–Crippen MR) is 74.4 cm³/mol. The summed E-state index contributed by atoms with van der Waals surface area (Å²) in [6.07, 6.45) is 7.64. The highest BCUT2D eigenvalue weighted by Crippen LogP contribution is 2.25. The summed E-state index contributed by atoms with van der Waals surface area (Å²) in [4.78, 5) is 12.5. The average Bonchev–Trinajstić information content (AvgIpc) is 2.69. The number of ketones is 1. The Balaban J connectivity index is 2.17.